The van der Waals surface area contributed by atoms with E-state index in [0.717, 1.165) is 29.1 Å². The van der Waals surface area contributed by atoms with Crippen LogP contribution in [-0.4, -0.2) is 49.0 Å². The minimum Gasteiger partial charge on any atom is -0.480 e. The number of rotatable bonds is 4. The fourth-order valence-corrected chi connectivity index (χ4v) is 6.26. The quantitative estimate of drug-likeness (QED) is 0.803. The second-order valence-electron chi connectivity index (χ2n) is 7.03. The van der Waals surface area contributed by atoms with Gasteiger partial charge >= 0.3 is 11.9 Å². The number of hydrogen-bond acceptors (Lipinski definition) is 5. The second kappa shape index (κ2) is 7.00. The molecule has 3 unspecified atom stereocenters. The molecule has 1 aromatic carbocycles. The van der Waals surface area contributed by atoms with E-state index in [4.69, 9.17) is 4.74 Å². The van der Waals surface area contributed by atoms with Gasteiger partial charge in [-0.1, -0.05) is 24.5 Å². The number of hydrogen-bond donors (Lipinski definition) is 1. The number of sulfonamides is 1. The maximum Gasteiger partial charge on any atom is 0.339 e. The number of fused-ring (bicyclic) bond motifs is 1. The monoisotopic (exact) mass is 381 g/mol. The number of aryl methyl sites for hydroxylation is 1. The number of carbonyl (C=O) groups is 2. The van der Waals surface area contributed by atoms with Crippen LogP contribution in [0.3, 0.4) is 0 Å². The number of carbonyl (C=O) groups excluding carboxylic acids is 1. The van der Waals surface area contributed by atoms with E-state index in [1.165, 1.54) is 19.2 Å². The van der Waals surface area contributed by atoms with E-state index < -0.39 is 28.0 Å². The molecule has 1 N–H and O–H groups in total. The summed E-state index contributed by atoms with van der Waals surface area (Å²) >= 11 is 0. The van der Waals surface area contributed by atoms with Gasteiger partial charge in [0, 0.05) is 6.04 Å². The number of ether oxygens (including phenoxy) is 1. The summed E-state index contributed by atoms with van der Waals surface area (Å²) < 4.78 is 32.7. The normalized spacial score (nSPS) is 26.3. The van der Waals surface area contributed by atoms with Crippen molar-refractivity contribution in [1.29, 1.82) is 0 Å². The molecule has 7 nitrogen and oxygen atoms in total. The lowest BCUT2D eigenvalue weighted by Crippen LogP contribution is -2.46. The minimum absolute atomic E-state index is 0.0478. The highest BCUT2D eigenvalue weighted by Crippen LogP contribution is 2.43. The number of methoxy groups -OCH3 is 1. The first-order valence-electron chi connectivity index (χ1n) is 8.72. The van der Waals surface area contributed by atoms with Gasteiger partial charge in [-0.25, -0.2) is 13.2 Å². The number of benzene rings is 1. The van der Waals surface area contributed by atoms with Gasteiger partial charge in [-0.3, -0.25) is 4.79 Å². The van der Waals surface area contributed by atoms with Crippen molar-refractivity contribution in [2.75, 3.05) is 7.11 Å². The summed E-state index contributed by atoms with van der Waals surface area (Å²) in [4.78, 5) is 23.7. The van der Waals surface area contributed by atoms with Crippen LogP contribution in [0.4, 0.5) is 0 Å². The number of carboxylic acids is 1. The van der Waals surface area contributed by atoms with Gasteiger partial charge in [0.25, 0.3) is 0 Å². The standard InChI is InChI=1S/C18H23NO6S/c1-11-7-8-16(13(9-11)18(22)25-2)26(23,24)19-14-6-4-3-5-12(14)10-15(19)17(20)21/h7-9,12,14-15H,3-6,10H2,1-2H3,(H,20,21). The summed E-state index contributed by atoms with van der Waals surface area (Å²) in [6.45, 7) is 1.75. The van der Waals surface area contributed by atoms with Crippen molar-refractivity contribution >= 4 is 22.0 Å². The van der Waals surface area contributed by atoms with Crippen molar-refractivity contribution in [2.45, 2.75) is 56.0 Å². The number of nitrogens with zero attached hydrogens (tertiary/aromatic N) is 1. The Morgan fingerprint density at radius 3 is 2.58 bits per heavy atom. The SMILES string of the molecule is COC(=O)c1cc(C)ccc1S(=O)(=O)N1C(C(=O)O)CC2CCCCC21. The van der Waals surface area contributed by atoms with Gasteiger partial charge in [-0.05, 0) is 44.2 Å². The predicted octanol–water partition coefficient (Wildman–Crippen LogP) is 2.19. The van der Waals surface area contributed by atoms with Crippen molar-refractivity contribution < 1.29 is 27.9 Å². The Hall–Kier alpha value is -1.93. The van der Waals surface area contributed by atoms with Gasteiger partial charge in [-0.2, -0.15) is 4.31 Å². The molecule has 1 aliphatic heterocycles. The Balaban J connectivity index is 2.12. The van der Waals surface area contributed by atoms with Crippen LogP contribution in [0.2, 0.25) is 0 Å². The summed E-state index contributed by atoms with van der Waals surface area (Å²) in [5.74, 6) is -1.85. The summed E-state index contributed by atoms with van der Waals surface area (Å²) in [5.41, 5.74) is 0.659. The molecule has 2 fully saturated rings. The molecule has 0 bridgehead atoms. The maximum absolute atomic E-state index is 13.4. The second-order valence-corrected chi connectivity index (χ2v) is 8.84. The average molecular weight is 381 g/mol. The molecule has 3 rings (SSSR count). The summed E-state index contributed by atoms with van der Waals surface area (Å²) in [6.07, 6.45) is 3.65. The first kappa shape index (κ1) is 18.8. The molecular formula is C18H23NO6S. The van der Waals surface area contributed by atoms with E-state index in [1.54, 1.807) is 13.0 Å². The predicted molar refractivity (Wildman–Crippen MR) is 93.3 cm³/mol. The van der Waals surface area contributed by atoms with Crippen LogP contribution in [0, 0.1) is 12.8 Å². The third-order valence-corrected chi connectivity index (χ3v) is 7.40. The van der Waals surface area contributed by atoms with Gasteiger partial charge in [0.1, 0.15) is 6.04 Å². The molecule has 0 spiro atoms. The van der Waals surface area contributed by atoms with Crippen molar-refractivity contribution in [3.63, 3.8) is 0 Å². The van der Waals surface area contributed by atoms with E-state index in [1.807, 2.05) is 0 Å². The van der Waals surface area contributed by atoms with Crippen molar-refractivity contribution in [2.24, 2.45) is 5.92 Å². The van der Waals surface area contributed by atoms with Crippen LogP contribution in [0.5, 0.6) is 0 Å². The highest BCUT2D eigenvalue weighted by Gasteiger charge is 2.51. The Morgan fingerprint density at radius 1 is 1.23 bits per heavy atom. The molecule has 0 radical (unpaired) electrons. The van der Waals surface area contributed by atoms with Gasteiger partial charge in [-0.15, -0.1) is 0 Å². The Kier molecular flexibility index (Phi) is 5.07. The molecule has 142 valence electrons. The van der Waals surface area contributed by atoms with E-state index in [9.17, 15) is 23.1 Å². The zero-order valence-corrected chi connectivity index (χ0v) is 15.7. The van der Waals surface area contributed by atoms with Crippen molar-refractivity contribution in [1.82, 2.24) is 4.31 Å². The molecule has 26 heavy (non-hydrogen) atoms. The minimum atomic E-state index is -4.15. The lowest BCUT2D eigenvalue weighted by atomic mass is 9.85. The highest BCUT2D eigenvalue weighted by molar-refractivity contribution is 7.89. The molecule has 1 saturated heterocycles. The van der Waals surface area contributed by atoms with E-state index >= 15 is 0 Å². The first-order valence-corrected chi connectivity index (χ1v) is 10.2. The summed E-state index contributed by atoms with van der Waals surface area (Å²) in [5, 5.41) is 9.61. The van der Waals surface area contributed by atoms with E-state index in [0.29, 0.717) is 12.8 Å². The number of carboxylic acid groups (broad SMARTS) is 1. The molecule has 1 aliphatic carbocycles. The average Bonchev–Trinajstić information content (AvgIpc) is 3.01. The molecule has 1 aromatic rings. The Morgan fingerprint density at radius 2 is 1.92 bits per heavy atom. The molecule has 2 aliphatic rings. The fraction of sp³-hybridized carbons (Fsp3) is 0.556. The molecular weight excluding hydrogens is 358 g/mol. The zero-order valence-electron chi connectivity index (χ0n) is 14.8. The third kappa shape index (κ3) is 3.12. The van der Waals surface area contributed by atoms with Crippen LogP contribution in [-0.2, 0) is 19.6 Å². The van der Waals surface area contributed by atoms with Gasteiger partial charge in [0.15, 0.2) is 0 Å². The summed E-state index contributed by atoms with van der Waals surface area (Å²) in [6, 6.07) is 3.00. The zero-order chi connectivity index (χ0) is 19.1. The van der Waals surface area contributed by atoms with Crippen LogP contribution < -0.4 is 0 Å². The largest absolute Gasteiger partial charge is 0.480 e. The molecule has 8 heteroatoms. The first-order chi connectivity index (χ1) is 12.3. The lowest BCUT2D eigenvalue weighted by Gasteiger charge is -2.32. The van der Waals surface area contributed by atoms with E-state index in [-0.39, 0.29) is 22.4 Å². The smallest absolute Gasteiger partial charge is 0.339 e. The van der Waals surface area contributed by atoms with E-state index in [2.05, 4.69) is 0 Å². The van der Waals surface area contributed by atoms with Gasteiger partial charge < -0.3 is 9.84 Å². The summed E-state index contributed by atoms with van der Waals surface area (Å²) in [7, 11) is -2.97. The van der Waals surface area contributed by atoms with Crippen molar-refractivity contribution in [3.05, 3.63) is 29.3 Å². The van der Waals surface area contributed by atoms with Gasteiger partial charge in [0.05, 0.1) is 17.6 Å². The lowest BCUT2D eigenvalue weighted by molar-refractivity contribution is -0.141. The van der Waals surface area contributed by atoms with Crippen LogP contribution in [0.1, 0.15) is 48.0 Å². The maximum atomic E-state index is 13.4. The number of esters is 1. The molecule has 1 saturated carbocycles. The Labute approximate surface area is 153 Å². The van der Waals surface area contributed by atoms with Crippen molar-refractivity contribution in [3.8, 4) is 0 Å². The van der Waals surface area contributed by atoms with Gasteiger partial charge in [0.2, 0.25) is 10.0 Å². The fourth-order valence-electron chi connectivity index (χ4n) is 4.23. The topological polar surface area (TPSA) is 101 Å². The van der Waals surface area contributed by atoms with Crippen LogP contribution in [0.25, 0.3) is 0 Å². The molecule has 1 heterocycles. The highest BCUT2D eigenvalue weighted by atomic mass is 32.2. The molecule has 0 amide bonds. The molecule has 3 atom stereocenters. The van der Waals surface area contributed by atoms with Crippen LogP contribution in [0.15, 0.2) is 23.1 Å². The Bertz CT molecular complexity index is 834. The van der Waals surface area contributed by atoms with Crippen LogP contribution >= 0.6 is 0 Å². The third-order valence-electron chi connectivity index (χ3n) is 5.41. The molecule has 0 aromatic heterocycles. The number of aliphatic carboxylic acids is 1.